The van der Waals surface area contributed by atoms with Crippen molar-refractivity contribution < 1.29 is 9.32 Å². The van der Waals surface area contributed by atoms with Gasteiger partial charge < -0.3 is 9.09 Å². The summed E-state index contributed by atoms with van der Waals surface area (Å²) in [4.78, 5) is 16.1. The van der Waals surface area contributed by atoms with E-state index in [4.69, 9.17) is 4.52 Å². The Kier molecular flexibility index (Phi) is 5.13. The van der Waals surface area contributed by atoms with Gasteiger partial charge in [-0.15, -0.1) is 10.2 Å². The molecule has 0 aromatic carbocycles. The van der Waals surface area contributed by atoms with Gasteiger partial charge in [0.05, 0.1) is 11.4 Å². The molecule has 0 spiro atoms. The summed E-state index contributed by atoms with van der Waals surface area (Å²) in [6, 6.07) is 5.46. The van der Waals surface area contributed by atoms with Gasteiger partial charge in [0.1, 0.15) is 0 Å². The third kappa shape index (κ3) is 4.05. The van der Waals surface area contributed by atoms with E-state index >= 15 is 0 Å². The summed E-state index contributed by atoms with van der Waals surface area (Å²) in [5.41, 5.74) is 1.72. The molecule has 3 aromatic rings. The highest BCUT2D eigenvalue weighted by Gasteiger charge is 2.14. The Morgan fingerprint density at radius 3 is 2.76 bits per heavy atom. The maximum absolute atomic E-state index is 12.1. The predicted octanol–water partition coefficient (Wildman–Crippen LogP) is 2.72. The standard InChI is InChI=1S/C16H18N6O2S/c1-10(2)12-8-14(24-21-12)18-13(23)9-25-16-20-19-15(22(16)3)11-4-6-17-7-5-11/h4-8,10H,9H2,1-3H3,(H,18,23). The minimum Gasteiger partial charge on any atom is -0.338 e. The molecule has 3 rings (SSSR count). The molecule has 0 aliphatic rings. The zero-order valence-corrected chi connectivity index (χ0v) is 14.9. The number of carbonyl (C=O) groups is 1. The van der Waals surface area contributed by atoms with Gasteiger partial charge in [-0.25, -0.2) is 0 Å². The summed E-state index contributed by atoms with van der Waals surface area (Å²) >= 11 is 1.30. The fourth-order valence-electron chi connectivity index (χ4n) is 2.12. The van der Waals surface area contributed by atoms with Crippen molar-refractivity contribution >= 4 is 23.6 Å². The van der Waals surface area contributed by atoms with Crippen LogP contribution in [0, 0.1) is 0 Å². The van der Waals surface area contributed by atoms with Crippen LogP contribution >= 0.6 is 11.8 Å². The molecule has 0 aliphatic carbocycles. The van der Waals surface area contributed by atoms with Gasteiger partial charge in [-0.05, 0) is 18.1 Å². The van der Waals surface area contributed by atoms with Crippen LogP contribution in [0.3, 0.4) is 0 Å². The maximum atomic E-state index is 12.1. The summed E-state index contributed by atoms with van der Waals surface area (Å²) in [5, 5.41) is 15.6. The van der Waals surface area contributed by atoms with E-state index in [1.165, 1.54) is 11.8 Å². The van der Waals surface area contributed by atoms with Crippen LogP contribution in [0.1, 0.15) is 25.5 Å². The van der Waals surface area contributed by atoms with E-state index < -0.39 is 0 Å². The molecular weight excluding hydrogens is 340 g/mol. The van der Waals surface area contributed by atoms with Crippen molar-refractivity contribution in [2.75, 3.05) is 11.1 Å². The van der Waals surface area contributed by atoms with Crippen LogP contribution in [0.5, 0.6) is 0 Å². The molecule has 25 heavy (non-hydrogen) atoms. The van der Waals surface area contributed by atoms with Gasteiger partial charge in [0.25, 0.3) is 0 Å². The molecule has 1 amide bonds. The second kappa shape index (κ2) is 7.47. The molecule has 9 heteroatoms. The van der Waals surface area contributed by atoms with Gasteiger partial charge in [0.15, 0.2) is 11.0 Å². The zero-order chi connectivity index (χ0) is 17.8. The van der Waals surface area contributed by atoms with E-state index in [0.29, 0.717) is 11.0 Å². The highest BCUT2D eigenvalue weighted by molar-refractivity contribution is 7.99. The smallest absolute Gasteiger partial charge is 0.237 e. The highest BCUT2D eigenvalue weighted by atomic mass is 32.2. The van der Waals surface area contributed by atoms with E-state index in [2.05, 4.69) is 25.7 Å². The Hall–Kier alpha value is -2.68. The second-order valence-corrected chi connectivity index (χ2v) is 6.65. The first-order valence-corrected chi connectivity index (χ1v) is 8.72. The van der Waals surface area contributed by atoms with Gasteiger partial charge in [-0.2, -0.15) is 0 Å². The number of hydrogen-bond donors (Lipinski definition) is 1. The molecule has 130 valence electrons. The molecule has 0 radical (unpaired) electrons. The molecule has 3 heterocycles. The van der Waals surface area contributed by atoms with E-state index in [0.717, 1.165) is 17.1 Å². The van der Waals surface area contributed by atoms with Crippen molar-refractivity contribution in [3.8, 4) is 11.4 Å². The van der Waals surface area contributed by atoms with E-state index in [1.54, 1.807) is 18.5 Å². The number of rotatable bonds is 6. The molecule has 0 fully saturated rings. The van der Waals surface area contributed by atoms with Crippen molar-refractivity contribution in [1.29, 1.82) is 0 Å². The Bertz CT molecular complexity index is 859. The van der Waals surface area contributed by atoms with E-state index in [1.807, 2.05) is 37.6 Å². The lowest BCUT2D eigenvalue weighted by Crippen LogP contribution is -2.14. The van der Waals surface area contributed by atoms with E-state index in [9.17, 15) is 4.79 Å². The molecule has 3 aromatic heterocycles. The summed E-state index contributed by atoms with van der Waals surface area (Å²) in [5.74, 6) is 1.32. The van der Waals surface area contributed by atoms with Gasteiger partial charge in [-0.3, -0.25) is 15.1 Å². The number of nitrogens with zero attached hydrogens (tertiary/aromatic N) is 5. The number of thioether (sulfide) groups is 1. The van der Waals surface area contributed by atoms with Crippen molar-refractivity contribution in [1.82, 2.24) is 24.9 Å². The van der Waals surface area contributed by atoms with Crippen molar-refractivity contribution in [3.05, 3.63) is 36.3 Å². The average molecular weight is 358 g/mol. The van der Waals surface area contributed by atoms with Crippen LogP contribution in [-0.2, 0) is 11.8 Å². The normalized spacial score (nSPS) is 11.0. The lowest BCUT2D eigenvalue weighted by atomic mass is 10.1. The van der Waals surface area contributed by atoms with Crippen molar-refractivity contribution in [2.24, 2.45) is 7.05 Å². The lowest BCUT2D eigenvalue weighted by molar-refractivity contribution is -0.113. The molecule has 0 unspecified atom stereocenters. The topological polar surface area (TPSA) is 98.7 Å². The molecule has 0 atom stereocenters. The van der Waals surface area contributed by atoms with Gasteiger partial charge in [0, 0.05) is 31.1 Å². The van der Waals surface area contributed by atoms with Gasteiger partial charge in [-0.1, -0.05) is 30.8 Å². The van der Waals surface area contributed by atoms with Crippen LogP contribution in [0.4, 0.5) is 5.88 Å². The fraction of sp³-hybridized carbons (Fsp3) is 0.312. The summed E-state index contributed by atoms with van der Waals surface area (Å²) in [6.45, 7) is 4.02. The van der Waals surface area contributed by atoms with Crippen LogP contribution in [0.25, 0.3) is 11.4 Å². The molecule has 0 bridgehead atoms. The van der Waals surface area contributed by atoms with Crippen LogP contribution < -0.4 is 5.32 Å². The zero-order valence-electron chi connectivity index (χ0n) is 14.1. The fourth-order valence-corrected chi connectivity index (χ4v) is 2.83. The Balaban J connectivity index is 1.60. The van der Waals surface area contributed by atoms with Crippen LogP contribution in [-0.4, -0.2) is 36.6 Å². The summed E-state index contributed by atoms with van der Waals surface area (Å²) < 4.78 is 6.95. The molecule has 0 saturated carbocycles. The molecular formula is C16H18N6O2S. The first-order chi connectivity index (χ1) is 12.0. The quantitative estimate of drug-likeness (QED) is 0.676. The third-order valence-corrected chi connectivity index (χ3v) is 4.51. The second-order valence-electron chi connectivity index (χ2n) is 5.71. The first-order valence-electron chi connectivity index (χ1n) is 7.73. The summed E-state index contributed by atoms with van der Waals surface area (Å²) in [6.07, 6.45) is 3.40. The van der Waals surface area contributed by atoms with Crippen molar-refractivity contribution in [3.63, 3.8) is 0 Å². The molecule has 0 saturated heterocycles. The number of hydrogen-bond acceptors (Lipinski definition) is 7. The predicted molar refractivity (Wildman–Crippen MR) is 94.2 cm³/mol. The lowest BCUT2D eigenvalue weighted by Gasteiger charge is -2.03. The Morgan fingerprint density at radius 1 is 1.32 bits per heavy atom. The van der Waals surface area contributed by atoms with Gasteiger partial charge >= 0.3 is 0 Å². The largest absolute Gasteiger partial charge is 0.338 e. The molecule has 1 N–H and O–H groups in total. The number of anilines is 1. The van der Waals surface area contributed by atoms with Gasteiger partial charge in [0.2, 0.25) is 11.8 Å². The highest BCUT2D eigenvalue weighted by Crippen LogP contribution is 2.22. The average Bonchev–Trinajstić information content (AvgIpc) is 3.21. The Labute approximate surface area is 149 Å². The Morgan fingerprint density at radius 2 is 2.08 bits per heavy atom. The number of nitrogens with one attached hydrogen (secondary N) is 1. The first kappa shape index (κ1) is 17.2. The number of amides is 1. The number of aromatic nitrogens is 5. The SMILES string of the molecule is CC(C)c1cc(NC(=O)CSc2nnc(-c3ccncc3)n2C)on1. The third-order valence-electron chi connectivity index (χ3n) is 3.49. The van der Waals surface area contributed by atoms with Crippen molar-refractivity contribution in [2.45, 2.75) is 24.9 Å². The van der Waals surface area contributed by atoms with Crippen LogP contribution in [0.2, 0.25) is 0 Å². The molecule has 8 nitrogen and oxygen atoms in total. The maximum Gasteiger partial charge on any atom is 0.237 e. The minimum absolute atomic E-state index is 0.190. The number of pyridine rings is 1. The van der Waals surface area contributed by atoms with E-state index in [-0.39, 0.29) is 17.6 Å². The monoisotopic (exact) mass is 358 g/mol. The molecule has 0 aliphatic heterocycles. The number of carbonyl (C=O) groups excluding carboxylic acids is 1. The summed E-state index contributed by atoms with van der Waals surface area (Å²) in [7, 11) is 1.86. The minimum atomic E-state index is -0.190. The van der Waals surface area contributed by atoms with Crippen LogP contribution in [0.15, 0.2) is 40.3 Å².